The van der Waals surface area contributed by atoms with Gasteiger partial charge < -0.3 is 4.74 Å². The van der Waals surface area contributed by atoms with Crippen LogP contribution in [0, 0.1) is 0 Å². The molecule has 0 spiro atoms. The molecule has 0 heterocycles. The SMILES string of the molecule is CCCCN(C(C(=O)OCC)=C(F)F)S(=O)(=O)C(F)(F)C(F)(F)C(F)(F)C(F)(F)C(F)(F)C(F)(F)C(F)(F)C(F)(F)F. The minimum atomic E-state index is -9.10. The summed E-state index contributed by atoms with van der Waals surface area (Å²) in [7, 11) is -8.18. The molecule has 0 aliphatic heterocycles. The lowest BCUT2D eigenvalue weighted by molar-refractivity contribution is -0.458. The molecule has 0 fully saturated rings. The number of rotatable bonds is 14. The van der Waals surface area contributed by atoms with Gasteiger partial charge in [0.2, 0.25) is 5.70 Å². The Labute approximate surface area is 221 Å². The Hall–Kier alpha value is -2.37. The van der Waals surface area contributed by atoms with Crippen LogP contribution in [0.25, 0.3) is 0 Å². The van der Waals surface area contributed by atoms with E-state index >= 15 is 0 Å². The number of carbonyl (C=O) groups excluding carboxylic acids is 1. The summed E-state index contributed by atoms with van der Waals surface area (Å²) in [5.41, 5.74) is -2.93. The summed E-state index contributed by atoms with van der Waals surface area (Å²) in [5.74, 6) is -55.8. The second-order valence-corrected chi connectivity index (χ2v) is 9.62. The molecule has 0 radical (unpaired) electrons. The maximum absolute atomic E-state index is 14.5. The Bertz CT molecular complexity index is 1130. The van der Waals surface area contributed by atoms with Crippen LogP contribution in [-0.2, 0) is 19.6 Å². The Morgan fingerprint density at radius 1 is 0.643 bits per heavy atom. The molecule has 0 rings (SSSR count). The minimum Gasteiger partial charge on any atom is -0.461 e. The number of halogens is 19. The van der Waals surface area contributed by atoms with Crippen molar-refractivity contribution in [1.29, 1.82) is 0 Å². The standard InChI is InChI=1S/C17H14F19NO4S/c1-3-5-6-37(7(8(18)19)9(38)41-4-2)42(39,40)17(35,36)15(30,31)13(26,27)11(22,23)10(20,21)12(24,25)14(28,29)16(32,33)34/h3-6H2,1-2H3. The molecule has 0 N–H and O–H groups in total. The van der Waals surface area contributed by atoms with Gasteiger partial charge in [-0.2, -0.15) is 91.8 Å². The molecule has 0 aromatic heterocycles. The highest BCUT2D eigenvalue weighted by atomic mass is 32.2. The third-order valence-corrected chi connectivity index (χ3v) is 6.77. The highest BCUT2D eigenvalue weighted by molar-refractivity contribution is 7.90. The summed E-state index contributed by atoms with van der Waals surface area (Å²) in [6.45, 7) is -1.20. The first-order chi connectivity index (χ1) is 18.3. The van der Waals surface area contributed by atoms with Gasteiger partial charge in [-0.3, -0.25) is 4.31 Å². The number of hydrogen-bond acceptors (Lipinski definition) is 4. The van der Waals surface area contributed by atoms with Crippen molar-refractivity contribution >= 4 is 16.0 Å². The lowest BCUT2D eigenvalue weighted by atomic mass is 9.91. The van der Waals surface area contributed by atoms with Gasteiger partial charge in [-0.15, -0.1) is 0 Å². The van der Waals surface area contributed by atoms with Crippen molar-refractivity contribution in [3.63, 3.8) is 0 Å². The molecule has 42 heavy (non-hydrogen) atoms. The lowest BCUT2D eigenvalue weighted by Gasteiger charge is -2.43. The molecule has 25 heteroatoms. The van der Waals surface area contributed by atoms with E-state index in [-0.39, 0.29) is 0 Å². The third-order valence-electron chi connectivity index (χ3n) is 4.92. The summed E-state index contributed by atoms with van der Waals surface area (Å²) >= 11 is 0. The van der Waals surface area contributed by atoms with Crippen molar-refractivity contribution in [2.24, 2.45) is 0 Å². The number of nitrogens with zero attached hydrogens (tertiary/aromatic N) is 1. The van der Waals surface area contributed by atoms with Crippen molar-refractivity contribution in [2.45, 2.75) is 73.7 Å². The zero-order chi connectivity index (χ0) is 34.3. The Morgan fingerprint density at radius 3 is 1.31 bits per heavy atom. The van der Waals surface area contributed by atoms with Gasteiger partial charge in [-0.25, -0.2) is 4.79 Å². The number of sulfonamides is 1. The fourth-order valence-corrected chi connectivity index (χ4v) is 4.06. The second kappa shape index (κ2) is 11.6. The Balaban J connectivity index is 7.45. The van der Waals surface area contributed by atoms with E-state index in [1.165, 1.54) is 0 Å². The van der Waals surface area contributed by atoms with Crippen LogP contribution in [0.2, 0.25) is 0 Å². The van der Waals surface area contributed by atoms with Gasteiger partial charge in [0.05, 0.1) is 6.61 Å². The molecule has 0 aliphatic carbocycles. The first-order valence-corrected chi connectivity index (χ1v) is 11.7. The topological polar surface area (TPSA) is 63.7 Å². The van der Waals surface area contributed by atoms with Crippen LogP contribution in [0.4, 0.5) is 83.4 Å². The molecule has 0 atom stereocenters. The van der Waals surface area contributed by atoms with Gasteiger partial charge in [-0.1, -0.05) is 13.3 Å². The molecule has 0 aliphatic rings. The number of alkyl halides is 17. The monoisotopic (exact) mass is 689 g/mol. The van der Waals surface area contributed by atoms with E-state index < -0.39 is 105 Å². The molecule has 0 aromatic rings. The van der Waals surface area contributed by atoms with Crippen molar-refractivity contribution in [2.75, 3.05) is 13.2 Å². The van der Waals surface area contributed by atoms with E-state index in [1.54, 1.807) is 0 Å². The summed E-state index contributed by atoms with van der Waals surface area (Å²) in [5, 5.41) is -8.12. The molecule has 0 aromatic carbocycles. The minimum absolute atomic E-state index is 0.485. The van der Waals surface area contributed by atoms with Gasteiger partial charge >= 0.3 is 69.0 Å². The maximum atomic E-state index is 14.5. The first-order valence-electron chi connectivity index (χ1n) is 10.2. The van der Waals surface area contributed by atoms with E-state index in [0.29, 0.717) is 0 Å². The first kappa shape index (κ1) is 39.6. The number of unbranched alkanes of at least 4 members (excludes halogenated alkanes) is 1. The fraction of sp³-hybridized carbons (Fsp3) is 0.824. The summed E-state index contributed by atoms with van der Waals surface area (Å²) < 4.78 is 282. The summed E-state index contributed by atoms with van der Waals surface area (Å²) in [6.07, 6.45) is -13.2. The largest absolute Gasteiger partial charge is 0.461 e. The normalized spacial score (nSPS) is 15.0. The molecule has 0 saturated carbocycles. The molecule has 0 amide bonds. The fourth-order valence-electron chi connectivity index (χ4n) is 2.58. The van der Waals surface area contributed by atoms with Crippen LogP contribution >= 0.6 is 0 Å². The van der Waals surface area contributed by atoms with Crippen LogP contribution < -0.4 is 0 Å². The Kier molecular flexibility index (Phi) is 11.0. The van der Waals surface area contributed by atoms with Gasteiger partial charge in [-0.05, 0) is 13.3 Å². The Morgan fingerprint density at radius 2 is 1.00 bits per heavy atom. The summed E-state index contributed by atoms with van der Waals surface area (Å²) in [6, 6.07) is 0. The molecular formula is C17H14F19NO4S. The van der Waals surface area contributed by atoms with Crippen LogP contribution in [0.5, 0.6) is 0 Å². The van der Waals surface area contributed by atoms with Crippen LogP contribution in [0.3, 0.4) is 0 Å². The van der Waals surface area contributed by atoms with Crippen LogP contribution in [0.15, 0.2) is 11.8 Å². The van der Waals surface area contributed by atoms with Crippen molar-refractivity contribution < 1.29 is 101 Å². The quantitative estimate of drug-likeness (QED) is 0.111. The van der Waals surface area contributed by atoms with Gasteiger partial charge in [0.15, 0.2) is 0 Å². The maximum Gasteiger partial charge on any atom is 0.460 e. The highest BCUT2D eigenvalue weighted by Crippen LogP contribution is 2.64. The van der Waals surface area contributed by atoms with Crippen molar-refractivity contribution in [1.82, 2.24) is 4.31 Å². The predicted molar refractivity (Wildman–Crippen MR) is 97.1 cm³/mol. The van der Waals surface area contributed by atoms with Crippen LogP contribution in [0.1, 0.15) is 26.7 Å². The molecule has 250 valence electrons. The number of ether oxygens (including phenoxy) is 1. The number of carbonyl (C=O) groups is 1. The lowest BCUT2D eigenvalue weighted by Crippen LogP contribution is -2.75. The zero-order valence-corrected chi connectivity index (χ0v) is 20.8. The van der Waals surface area contributed by atoms with E-state index in [4.69, 9.17) is 0 Å². The van der Waals surface area contributed by atoms with Gasteiger partial charge in [0.25, 0.3) is 0 Å². The molecule has 0 unspecified atom stereocenters. The molecule has 0 saturated heterocycles. The van der Waals surface area contributed by atoms with E-state index in [9.17, 15) is 96.6 Å². The van der Waals surface area contributed by atoms with Gasteiger partial charge in [0.1, 0.15) is 0 Å². The van der Waals surface area contributed by atoms with E-state index in [1.807, 2.05) is 0 Å². The zero-order valence-electron chi connectivity index (χ0n) is 20.0. The average molecular weight is 689 g/mol. The highest BCUT2D eigenvalue weighted by Gasteiger charge is 2.96. The van der Waals surface area contributed by atoms with Crippen molar-refractivity contribution in [3.8, 4) is 0 Å². The van der Waals surface area contributed by atoms with Gasteiger partial charge in [0, 0.05) is 6.54 Å². The summed E-state index contributed by atoms with van der Waals surface area (Å²) in [4.78, 5) is 11.7. The van der Waals surface area contributed by atoms with Crippen molar-refractivity contribution in [3.05, 3.63) is 11.8 Å². The van der Waals surface area contributed by atoms with Crippen LogP contribution in [-0.4, -0.2) is 78.8 Å². The third kappa shape index (κ3) is 5.64. The van der Waals surface area contributed by atoms with E-state index in [0.717, 1.165) is 13.8 Å². The number of esters is 1. The molecular weight excluding hydrogens is 675 g/mol. The average Bonchev–Trinajstić information content (AvgIpc) is 2.79. The molecule has 5 nitrogen and oxygen atoms in total. The smallest absolute Gasteiger partial charge is 0.460 e. The predicted octanol–water partition coefficient (Wildman–Crippen LogP) is 7.06. The molecule has 0 bridgehead atoms. The number of hydrogen-bond donors (Lipinski definition) is 0. The second-order valence-electron chi connectivity index (χ2n) is 7.72. The van der Waals surface area contributed by atoms with E-state index in [2.05, 4.69) is 4.74 Å².